The van der Waals surface area contributed by atoms with Gasteiger partial charge in [0.25, 0.3) is 0 Å². The first-order valence-electron chi connectivity index (χ1n) is 8.77. The van der Waals surface area contributed by atoms with Crippen LogP contribution in [0.1, 0.15) is 57.1 Å². The van der Waals surface area contributed by atoms with E-state index >= 15 is 0 Å². The van der Waals surface area contributed by atoms with Crippen molar-refractivity contribution in [1.29, 1.82) is 0 Å². The molecule has 5 heteroatoms. The van der Waals surface area contributed by atoms with Gasteiger partial charge in [0.2, 0.25) is 5.91 Å². The molecule has 0 unspecified atom stereocenters. The molecule has 0 atom stereocenters. The number of hydrogen-bond acceptors (Lipinski definition) is 4. The third kappa shape index (κ3) is 3.89. The van der Waals surface area contributed by atoms with Crippen molar-refractivity contribution in [3.8, 4) is 0 Å². The van der Waals surface area contributed by atoms with E-state index in [2.05, 4.69) is 31.1 Å². The average Bonchev–Trinajstić information content (AvgIpc) is 2.54. The fourth-order valence-electron chi connectivity index (χ4n) is 3.35. The third-order valence-electron chi connectivity index (χ3n) is 4.88. The number of fused-ring (bicyclic) bond motifs is 1. The lowest BCUT2D eigenvalue weighted by Crippen LogP contribution is -2.39. The fraction of sp³-hybridized carbons (Fsp3) is 0.722. The first-order chi connectivity index (χ1) is 10.9. The molecular weight excluding hydrogens is 288 g/mol. The predicted octanol–water partition coefficient (Wildman–Crippen LogP) is 2.05. The van der Waals surface area contributed by atoms with E-state index in [1.54, 1.807) is 0 Å². The van der Waals surface area contributed by atoms with Crippen LogP contribution in [0.4, 0.5) is 0 Å². The van der Waals surface area contributed by atoms with Crippen LogP contribution in [0.5, 0.6) is 0 Å². The SMILES string of the molecule is CC(C)(C)c1ncc2c(n1)CCN(C(=O)CC1CCNCC1)C2. The third-order valence-corrected chi connectivity index (χ3v) is 4.88. The number of nitrogens with zero attached hydrogens (tertiary/aromatic N) is 3. The Morgan fingerprint density at radius 3 is 2.78 bits per heavy atom. The van der Waals surface area contributed by atoms with Gasteiger partial charge in [0.15, 0.2) is 0 Å². The molecule has 2 aliphatic rings. The largest absolute Gasteiger partial charge is 0.338 e. The summed E-state index contributed by atoms with van der Waals surface area (Å²) in [5.41, 5.74) is 2.20. The Morgan fingerprint density at radius 1 is 1.35 bits per heavy atom. The highest BCUT2D eigenvalue weighted by molar-refractivity contribution is 5.76. The standard InChI is InChI=1S/C18H28N4O/c1-18(2,3)17-20-11-14-12-22(9-6-15(14)21-17)16(23)10-13-4-7-19-8-5-13/h11,13,19H,4-10,12H2,1-3H3. The Hall–Kier alpha value is -1.49. The van der Waals surface area contributed by atoms with Crippen LogP contribution in [-0.2, 0) is 23.2 Å². The summed E-state index contributed by atoms with van der Waals surface area (Å²) in [6.07, 6.45) is 5.70. The molecular formula is C18H28N4O. The van der Waals surface area contributed by atoms with Gasteiger partial charge in [0.05, 0.1) is 5.69 Å². The molecule has 1 amide bonds. The zero-order chi connectivity index (χ0) is 16.4. The lowest BCUT2D eigenvalue weighted by atomic mass is 9.93. The van der Waals surface area contributed by atoms with Crippen molar-refractivity contribution in [3.63, 3.8) is 0 Å². The number of rotatable bonds is 2. The maximum atomic E-state index is 12.6. The molecule has 5 nitrogen and oxygen atoms in total. The van der Waals surface area contributed by atoms with E-state index in [9.17, 15) is 4.79 Å². The van der Waals surface area contributed by atoms with Crippen molar-refractivity contribution in [2.24, 2.45) is 5.92 Å². The molecule has 3 heterocycles. The molecule has 2 aliphatic heterocycles. The van der Waals surface area contributed by atoms with Gasteiger partial charge in [-0.2, -0.15) is 0 Å². The molecule has 0 saturated carbocycles. The van der Waals surface area contributed by atoms with Gasteiger partial charge in [-0.25, -0.2) is 9.97 Å². The van der Waals surface area contributed by atoms with E-state index in [1.165, 1.54) is 0 Å². The van der Waals surface area contributed by atoms with E-state index in [1.807, 2.05) is 11.1 Å². The van der Waals surface area contributed by atoms with E-state index in [4.69, 9.17) is 4.98 Å². The van der Waals surface area contributed by atoms with Crippen LogP contribution >= 0.6 is 0 Å². The summed E-state index contributed by atoms with van der Waals surface area (Å²) in [7, 11) is 0. The summed E-state index contributed by atoms with van der Waals surface area (Å²) in [6, 6.07) is 0. The molecule has 1 saturated heterocycles. The maximum absolute atomic E-state index is 12.6. The molecule has 0 aromatic carbocycles. The van der Waals surface area contributed by atoms with Gasteiger partial charge in [0, 0.05) is 43.1 Å². The number of piperidine rings is 1. The van der Waals surface area contributed by atoms with E-state index in [-0.39, 0.29) is 5.41 Å². The lowest BCUT2D eigenvalue weighted by molar-refractivity contribution is -0.133. The van der Waals surface area contributed by atoms with Gasteiger partial charge in [-0.05, 0) is 31.8 Å². The Morgan fingerprint density at radius 2 is 2.09 bits per heavy atom. The van der Waals surface area contributed by atoms with Crippen LogP contribution in [-0.4, -0.2) is 40.4 Å². The summed E-state index contributed by atoms with van der Waals surface area (Å²) in [5, 5.41) is 3.36. The normalized spacial score (nSPS) is 19.5. The second-order valence-electron chi connectivity index (χ2n) is 7.88. The Kier molecular flexibility index (Phi) is 4.67. The minimum Gasteiger partial charge on any atom is -0.338 e. The minimum atomic E-state index is -0.0308. The molecule has 1 N–H and O–H groups in total. The van der Waals surface area contributed by atoms with Crippen molar-refractivity contribution >= 4 is 5.91 Å². The molecule has 0 aliphatic carbocycles. The van der Waals surface area contributed by atoms with Crippen molar-refractivity contribution in [2.45, 2.75) is 58.4 Å². The summed E-state index contributed by atoms with van der Waals surface area (Å²) in [4.78, 5) is 23.8. The zero-order valence-corrected chi connectivity index (χ0v) is 14.6. The van der Waals surface area contributed by atoms with E-state index in [0.29, 0.717) is 24.8 Å². The smallest absolute Gasteiger partial charge is 0.223 e. The topological polar surface area (TPSA) is 58.1 Å². The van der Waals surface area contributed by atoms with Gasteiger partial charge in [-0.1, -0.05) is 20.8 Å². The molecule has 126 valence electrons. The van der Waals surface area contributed by atoms with E-state index < -0.39 is 0 Å². The molecule has 1 fully saturated rings. The van der Waals surface area contributed by atoms with Crippen molar-refractivity contribution in [3.05, 3.63) is 23.3 Å². The Bertz CT molecular complexity index is 573. The highest BCUT2D eigenvalue weighted by Crippen LogP contribution is 2.24. The lowest BCUT2D eigenvalue weighted by Gasteiger charge is -2.31. The number of nitrogens with one attached hydrogen (secondary N) is 1. The van der Waals surface area contributed by atoms with Crippen molar-refractivity contribution in [2.75, 3.05) is 19.6 Å². The Balaban J connectivity index is 1.64. The molecule has 3 rings (SSSR count). The second-order valence-corrected chi connectivity index (χ2v) is 7.88. The molecule has 0 radical (unpaired) electrons. The summed E-state index contributed by atoms with van der Waals surface area (Å²) in [5.74, 6) is 1.73. The van der Waals surface area contributed by atoms with Crippen LogP contribution in [0, 0.1) is 5.92 Å². The fourth-order valence-corrected chi connectivity index (χ4v) is 3.35. The molecule has 1 aromatic rings. The number of aromatic nitrogens is 2. The van der Waals surface area contributed by atoms with Crippen LogP contribution in [0.15, 0.2) is 6.20 Å². The summed E-state index contributed by atoms with van der Waals surface area (Å²) >= 11 is 0. The van der Waals surface area contributed by atoms with Crippen LogP contribution in [0.25, 0.3) is 0 Å². The monoisotopic (exact) mass is 316 g/mol. The highest BCUT2D eigenvalue weighted by atomic mass is 16.2. The quantitative estimate of drug-likeness (QED) is 0.907. The number of amides is 1. The average molecular weight is 316 g/mol. The molecule has 0 bridgehead atoms. The first kappa shape index (κ1) is 16.4. The minimum absolute atomic E-state index is 0.0308. The van der Waals surface area contributed by atoms with Crippen molar-refractivity contribution in [1.82, 2.24) is 20.2 Å². The van der Waals surface area contributed by atoms with Crippen LogP contribution in [0.2, 0.25) is 0 Å². The highest BCUT2D eigenvalue weighted by Gasteiger charge is 2.26. The number of carbonyl (C=O) groups excluding carboxylic acids is 1. The van der Waals surface area contributed by atoms with Gasteiger partial charge < -0.3 is 10.2 Å². The molecule has 0 spiro atoms. The number of carbonyl (C=O) groups is 1. The summed E-state index contributed by atoms with van der Waals surface area (Å²) in [6.45, 7) is 9.95. The number of hydrogen-bond donors (Lipinski definition) is 1. The molecule has 1 aromatic heterocycles. The first-order valence-corrected chi connectivity index (χ1v) is 8.77. The predicted molar refractivity (Wildman–Crippen MR) is 90.1 cm³/mol. The van der Waals surface area contributed by atoms with Gasteiger partial charge >= 0.3 is 0 Å². The molecule has 23 heavy (non-hydrogen) atoms. The van der Waals surface area contributed by atoms with Crippen LogP contribution in [0.3, 0.4) is 0 Å². The Labute approximate surface area is 138 Å². The van der Waals surface area contributed by atoms with E-state index in [0.717, 1.165) is 56.0 Å². The van der Waals surface area contributed by atoms with Gasteiger partial charge in [-0.3, -0.25) is 4.79 Å². The van der Waals surface area contributed by atoms with Gasteiger partial charge in [-0.15, -0.1) is 0 Å². The maximum Gasteiger partial charge on any atom is 0.223 e. The zero-order valence-electron chi connectivity index (χ0n) is 14.6. The van der Waals surface area contributed by atoms with Crippen LogP contribution < -0.4 is 5.32 Å². The van der Waals surface area contributed by atoms with Gasteiger partial charge in [0.1, 0.15) is 5.82 Å². The van der Waals surface area contributed by atoms with Crippen molar-refractivity contribution < 1.29 is 4.79 Å². The second kappa shape index (κ2) is 6.56. The summed E-state index contributed by atoms with van der Waals surface area (Å²) < 4.78 is 0.